The quantitative estimate of drug-likeness (QED) is 0.863. The minimum Gasteiger partial charge on any atom is -0.462 e. The van der Waals surface area contributed by atoms with Crippen LogP contribution < -0.4 is 5.73 Å². The molecule has 1 heterocycles. The average Bonchev–Trinajstić information content (AvgIpc) is 2.42. The summed E-state index contributed by atoms with van der Waals surface area (Å²) in [4.78, 5) is 19.6. The third-order valence-electron chi connectivity index (χ3n) is 2.67. The van der Waals surface area contributed by atoms with Crippen molar-refractivity contribution >= 4 is 11.8 Å². The summed E-state index contributed by atoms with van der Waals surface area (Å²) < 4.78 is 18.3. The summed E-state index contributed by atoms with van der Waals surface area (Å²) in [6, 6.07) is 6.35. The van der Waals surface area contributed by atoms with Crippen LogP contribution in [-0.4, -0.2) is 22.5 Å². The van der Waals surface area contributed by atoms with Crippen LogP contribution in [0.15, 0.2) is 30.5 Å². The molecule has 20 heavy (non-hydrogen) atoms. The van der Waals surface area contributed by atoms with Crippen molar-refractivity contribution in [2.75, 3.05) is 12.3 Å². The molecule has 0 aliphatic carbocycles. The van der Waals surface area contributed by atoms with Crippen molar-refractivity contribution in [1.29, 1.82) is 0 Å². The summed E-state index contributed by atoms with van der Waals surface area (Å²) >= 11 is 0. The highest BCUT2D eigenvalue weighted by molar-refractivity contribution is 5.93. The molecule has 0 saturated heterocycles. The zero-order valence-electron chi connectivity index (χ0n) is 11.0. The zero-order chi connectivity index (χ0) is 14.5. The number of carbonyl (C=O) groups excluding carboxylic acids is 1. The lowest BCUT2D eigenvalue weighted by Gasteiger charge is -2.06. The highest BCUT2D eigenvalue weighted by Crippen LogP contribution is 2.14. The highest BCUT2D eigenvalue weighted by atomic mass is 19.1. The van der Waals surface area contributed by atoms with Gasteiger partial charge in [0.15, 0.2) is 0 Å². The standard InChI is InChI=1S/C14H14FN3O2/c1-2-20-14(19)10-8-17-12(18-13(10)16)7-9-5-3-4-6-11(9)15/h3-6,8H,2,7H2,1H3,(H2,16,17,18). The van der Waals surface area contributed by atoms with E-state index in [9.17, 15) is 9.18 Å². The van der Waals surface area contributed by atoms with Gasteiger partial charge in [-0.25, -0.2) is 19.2 Å². The molecular formula is C14H14FN3O2. The van der Waals surface area contributed by atoms with E-state index in [2.05, 4.69) is 9.97 Å². The van der Waals surface area contributed by atoms with E-state index in [1.807, 2.05) is 0 Å². The van der Waals surface area contributed by atoms with Gasteiger partial charge in [0.25, 0.3) is 0 Å². The summed E-state index contributed by atoms with van der Waals surface area (Å²) in [5.74, 6) is -0.517. The fourth-order valence-corrected chi connectivity index (χ4v) is 1.70. The van der Waals surface area contributed by atoms with E-state index in [-0.39, 0.29) is 30.2 Å². The molecule has 0 spiro atoms. The minimum atomic E-state index is -0.567. The Hall–Kier alpha value is -2.50. The van der Waals surface area contributed by atoms with Crippen LogP contribution >= 0.6 is 0 Å². The molecule has 1 aromatic heterocycles. The maximum atomic E-state index is 13.5. The fourth-order valence-electron chi connectivity index (χ4n) is 1.70. The van der Waals surface area contributed by atoms with Gasteiger partial charge in [0.1, 0.15) is 23.0 Å². The third kappa shape index (κ3) is 3.09. The number of nitrogen functional groups attached to an aromatic ring is 1. The van der Waals surface area contributed by atoms with Crippen LogP contribution in [0, 0.1) is 5.82 Å². The van der Waals surface area contributed by atoms with Crippen molar-refractivity contribution in [3.05, 3.63) is 53.2 Å². The topological polar surface area (TPSA) is 78.1 Å². The van der Waals surface area contributed by atoms with E-state index >= 15 is 0 Å². The predicted molar refractivity (Wildman–Crippen MR) is 71.6 cm³/mol. The summed E-state index contributed by atoms with van der Waals surface area (Å²) in [6.45, 7) is 1.94. The van der Waals surface area contributed by atoms with Crippen LogP contribution in [0.5, 0.6) is 0 Å². The number of ether oxygens (including phenoxy) is 1. The number of nitrogens with two attached hydrogens (primary N) is 1. The normalized spacial score (nSPS) is 10.3. The summed E-state index contributed by atoms with van der Waals surface area (Å²) in [6.07, 6.45) is 1.51. The van der Waals surface area contributed by atoms with E-state index in [1.165, 1.54) is 12.3 Å². The van der Waals surface area contributed by atoms with Crippen molar-refractivity contribution in [1.82, 2.24) is 9.97 Å². The van der Waals surface area contributed by atoms with Gasteiger partial charge in [0.2, 0.25) is 0 Å². The molecule has 0 bridgehead atoms. The first-order chi connectivity index (χ1) is 9.61. The second-order valence-electron chi connectivity index (χ2n) is 4.07. The van der Waals surface area contributed by atoms with Gasteiger partial charge in [-0.1, -0.05) is 18.2 Å². The molecule has 1 aromatic carbocycles. The molecule has 2 N–H and O–H groups in total. The number of nitrogens with zero attached hydrogens (tertiary/aromatic N) is 2. The SMILES string of the molecule is CCOC(=O)c1cnc(Cc2ccccc2F)nc1N. The zero-order valence-corrected chi connectivity index (χ0v) is 11.0. The molecule has 2 aromatic rings. The second kappa shape index (κ2) is 6.10. The van der Waals surface area contributed by atoms with Gasteiger partial charge < -0.3 is 10.5 Å². The van der Waals surface area contributed by atoms with Gasteiger partial charge in [-0.15, -0.1) is 0 Å². The lowest BCUT2D eigenvalue weighted by Crippen LogP contribution is -2.12. The Morgan fingerprint density at radius 1 is 1.40 bits per heavy atom. The molecule has 0 saturated carbocycles. The molecule has 0 unspecified atom stereocenters. The molecule has 0 amide bonds. The van der Waals surface area contributed by atoms with Crippen LogP contribution in [0.3, 0.4) is 0 Å². The number of carbonyl (C=O) groups is 1. The molecule has 0 radical (unpaired) electrons. The number of anilines is 1. The van der Waals surface area contributed by atoms with Gasteiger partial charge in [-0.2, -0.15) is 0 Å². The van der Waals surface area contributed by atoms with E-state index < -0.39 is 5.97 Å². The minimum absolute atomic E-state index is 0.0322. The smallest absolute Gasteiger partial charge is 0.343 e. The molecule has 2 rings (SSSR count). The van der Waals surface area contributed by atoms with Crippen LogP contribution in [0.4, 0.5) is 10.2 Å². The molecule has 104 valence electrons. The van der Waals surface area contributed by atoms with Crippen molar-refractivity contribution in [2.24, 2.45) is 0 Å². The lowest BCUT2D eigenvalue weighted by atomic mass is 10.1. The first kappa shape index (κ1) is 13.9. The Morgan fingerprint density at radius 3 is 2.80 bits per heavy atom. The number of hydrogen-bond acceptors (Lipinski definition) is 5. The molecule has 5 nitrogen and oxygen atoms in total. The monoisotopic (exact) mass is 275 g/mol. The molecule has 0 atom stereocenters. The number of esters is 1. The third-order valence-corrected chi connectivity index (χ3v) is 2.67. The van der Waals surface area contributed by atoms with Crippen LogP contribution in [0.2, 0.25) is 0 Å². The maximum Gasteiger partial charge on any atom is 0.343 e. The van der Waals surface area contributed by atoms with Gasteiger partial charge in [0.05, 0.1) is 6.61 Å². The van der Waals surface area contributed by atoms with Crippen LogP contribution in [-0.2, 0) is 11.2 Å². The first-order valence-electron chi connectivity index (χ1n) is 6.13. The van der Waals surface area contributed by atoms with Crippen LogP contribution in [0.25, 0.3) is 0 Å². The molecular weight excluding hydrogens is 261 g/mol. The van der Waals surface area contributed by atoms with Gasteiger partial charge in [0, 0.05) is 12.6 Å². The lowest BCUT2D eigenvalue weighted by molar-refractivity contribution is 0.0526. The van der Waals surface area contributed by atoms with Crippen molar-refractivity contribution in [2.45, 2.75) is 13.3 Å². The summed E-state index contributed by atoms with van der Waals surface area (Å²) in [5, 5.41) is 0. The van der Waals surface area contributed by atoms with E-state index in [1.54, 1.807) is 25.1 Å². The van der Waals surface area contributed by atoms with Crippen molar-refractivity contribution in [3.8, 4) is 0 Å². The highest BCUT2D eigenvalue weighted by Gasteiger charge is 2.14. The summed E-state index contributed by atoms with van der Waals surface area (Å²) in [7, 11) is 0. The Labute approximate surface area is 115 Å². The Bertz CT molecular complexity index is 632. The summed E-state index contributed by atoms with van der Waals surface area (Å²) in [5.41, 5.74) is 6.28. The van der Waals surface area contributed by atoms with E-state index in [0.29, 0.717) is 11.4 Å². The largest absolute Gasteiger partial charge is 0.462 e. The molecule has 0 aliphatic rings. The molecule has 0 aliphatic heterocycles. The number of halogens is 1. The van der Waals surface area contributed by atoms with Gasteiger partial charge in [-0.3, -0.25) is 0 Å². The van der Waals surface area contributed by atoms with E-state index in [4.69, 9.17) is 10.5 Å². The fraction of sp³-hybridized carbons (Fsp3) is 0.214. The Morgan fingerprint density at radius 2 is 2.15 bits per heavy atom. The van der Waals surface area contributed by atoms with Gasteiger partial charge >= 0.3 is 5.97 Å². The molecule has 0 fully saturated rings. The molecule has 6 heteroatoms. The van der Waals surface area contributed by atoms with Crippen molar-refractivity contribution < 1.29 is 13.9 Å². The van der Waals surface area contributed by atoms with Gasteiger partial charge in [-0.05, 0) is 18.6 Å². The number of hydrogen-bond donors (Lipinski definition) is 1. The number of benzene rings is 1. The number of rotatable bonds is 4. The van der Waals surface area contributed by atoms with Crippen molar-refractivity contribution in [3.63, 3.8) is 0 Å². The van der Waals surface area contributed by atoms with E-state index in [0.717, 1.165) is 0 Å². The maximum absolute atomic E-state index is 13.5. The second-order valence-corrected chi connectivity index (χ2v) is 4.07. The Kier molecular flexibility index (Phi) is 4.24. The average molecular weight is 275 g/mol. The van der Waals surface area contributed by atoms with Crippen LogP contribution in [0.1, 0.15) is 28.7 Å². The first-order valence-corrected chi connectivity index (χ1v) is 6.13. The Balaban J connectivity index is 2.21. The number of aromatic nitrogens is 2. The predicted octanol–water partition coefficient (Wildman–Crippen LogP) is 1.97.